The molecule has 3 rings (SSSR count). The largest absolute Gasteiger partial charge is 0.332 e. The molecule has 1 aliphatic heterocycles. The van der Waals surface area contributed by atoms with Gasteiger partial charge in [-0.1, -0.05) is 30.3 Å². The van der Waals surface area contributed by atoms with Gasteiger partial charge in [0.1, 0.15) is 0 Å². The van der Waals surface area contributed by atoms with Gasteiger partial charge in [0.2, 0.25) is 5.91 Å². The zero-order chi connectivity index (χ0) is 11.9. The number of urea groups is 1. The van der Waals surface area contributed by atoms with Crippen molar-refractivity contribution < 1.29 is 9.59 Å². The van der Waals surface area contributed by atoms with Gasteiger partial charge >= 0.3 is 6.03 Å². The highest BCUT2D eigenvalue weighted by molar-refractivity contribution is 5.98. The van der Waals surface area contributed by atoms with Gasteiger partial charge < -0.3 is 5.32 Å². The maximum Gasteiger partial charge on any atom is 0.324 e. The van der Waals surface area contributed by atoms with Gasteiger partial charge in [-0.15, -0.1) is 0 Å². The average molecular weight is 230 g/mol. The van der Waals surface area contributed by atoms with Gasteiger partial charge in [0.05, 0.1) is 18.5 Å². The summed E-state index contributed by atoms with van der Waals surface area (Å²) in [6.07, 6.45) is 2.32. The van der Waals surface area contributed by atoms with Crippen LogP contribution in [0.15, 0.2) is 30.3 Å². The molecule has 2 fully saturated rings. The van der Waals surface area contributed by atoms with Crippen molar-refractivity contribution in [2.24, 2.45) is 0 Å². The minimum absolute atomic E-state index is 0.0601. The Morgan fingerprint density at radius 2 is 1.88 bits per heavy atom. The molecule has 0 unspecified atom stereocenters. The second-order valence-corrected chi connectivity index (χ2v) is 4.85. The third kappa shape index (κ3) is 1.90. The van der Waals surface area contributed by atoms with Crippen LogP contribution >= 0.6 is 0 Å². The molecule has 1 spiro atoms. The molecular formula is C13H14N2O2. The summed E-state index contributed by atoms with van der Waals surface area (Å²) < 4.78 is 0. The molecule has 1 saturated carbocycles. The molecule has 4 heteroatoms. The van der Waals surface area contributed by atoms with Crippen molar-refractivity contribution >= 4 is 11.9 Å². The van der Waals surface area contributed by atoms with Crippen LogP contribution in [0.2, 0.25) is 0 Å². The number of benzene rings is 1. The third-order valence-corrected chi connectivity index (χ3v) is 3.44. The first-order valence-electron chi connectivity index (χ1n) is 5.85. The Morgan fingerprint density at radius 3 is 2.47 bits per heavy atom. The smallest absolute Gasteiger partial charge is 0.324 e. The predicted octanol–water partition coefficient (Wildman–Crippen LogP) is 1.66. The van der Waals surface area contributed by atoms with Gasteiger partial charge in [0.25, 0.3) is 0 Å². The molecule has 0 radical (unpaired) electrons. The SMILES string of the molecule is O=C1CC2(CC2)NC(=O)N1Cc1ccccc1. The van der Waals surface area contributed by atoms with E-state index in [1.165, 1.54) is 4.90 Å². The van der Waals surface area contributed by atoms with Crippen LogP contribution in [0.25, 0.3) is 0 Å². The fourth-order valence-electron chi connectivity index (χ4n) is 2.22. The minimum atomic E-state index is -0.248. The van der Waals surface area contributed by atoms with Crippen molar-refractivity contribution in [3.05, 3.63) is 35.9 Å². The summed E-state index contributed by atoms with van der Waals surface area (Å²) in [6, 6.07) is 9.32. The van der Waals surface area contributed by atoms with Crippen LogP contribution in [0.4, 0.5) is 4.79 Å². The van der Waals surface area contributed by atoms with Gasteiger partial charge in [-0.25, -0.2) is 4.79 Å². The summed E-state index contributed by atoms with van der Waals surface area (Å²) in [6.45, 7) is 0.363. The van der Waals surface area contributed by atoms with Crippen molar-refractivity contribution in [3.63, 3.8) is 0 Å². The van der Waals surface area contributed by atoms with Crippen LogP contribution in [0.5, 0.6) is 0 Å². The normalized spacial score (nSPS) is 21.5. The molecular weight excluding hydrogens is 216 g/mol. The lowest BCUT2D eigenvalue weighted by atomic mass is 10.1. The molecule has 1 aromatic rings. The van der Waals surface area contributed by atoms with E-state index in [2.05, 4.69) is 5.32 Å². The number of hydrogen-bond acceptors (Lipinski definition) is 2. The Bertz CT molecular complexity index is 446. The maximum atomic E-state index is 11.9. The summed E-state index contributed by atoms with van der Waals surface area (Å²) in [5.41, 5.74) is 0.782. The van der Waals surface area contributed by atoms with Crippen LogP contribution in [-0.4, -0.2) is 22.4 Å². The van der Waals surface area contributed by atoms with E-state index in [4.69, 9.17) is 0 Å². The second-order valence-electron chi connectivity index (χ2n) is 4.85. The Hall–Kier alpha value is -1.84. The summed E-state index contributed by atoms with van der Waals surface area (Å²) in [5, 5.41) is 2.93. The molecule has 2 aliphatic rings. The number of nitrogens with zero attached hydrogens (tertiary/aromatic N) is 1. The van der Waals surface area contributed by atoms with E-state index in [1.54, 1.807) is 0 Å². The number of carbonyl (C=O) groups is 2. The van der Waals surface area contributed by atoms with E-state index in [0.717, 1.165) is 18.4 Å². The first-order valence-corrected chi connectivity index (χ1v) is 5.85. The zero-order valence-corrected chi connectivity index (χ0v) is 9.48. The standard InChI is InChI=1S/C13H14N2O2/c16-11-8-13(6-7-13)14-12(17)15(11)9-10-4-2-1-3-5-10/h1-5H,6-9H2,(H,14,17). The second kappa shape index (κ2) is 3.58. The fraction of sp³-hybridized carbons (Fsp3) is 0.385. The Balaban J connectivity index is 1.75. The van der Waals surface area contributed by atoms with E-state index >= 15 is 0 Å². The van der Waals surface area contributed by atoms with Crippen LogP contribution in [0, 0.1) is 0 Å². The predicted molar refractivity (Wildman–Crippen MR) is 62.1 cm³/mol. The lowest BCUT2D eigenvalue weighted by molar-refractivity contribution is -0.131. The van der Waals surface area contributed by atoms with Crippen molar-refractivity contribution in [2.45, 2.75) is 31.3 Å². The van der Waals surface area contributed by atoms with E-state index in [1.807, 2.05) is 30.3 Å². The first kappa shape index (κ1) is 10.3. The summed E-state index contributed by atoms with van der Waals surface area (Å²) in [5.74, 6) is -0.0601. The monoisotopic (exact) mass is 230 g/mol. The van der Waals surface area contributed by atoms with Crippen LogP contribution in [0.3, 0.4) is 0 Å². The van der Waals surface area contributed by atoms with Gasteiger partial charge in [-0.3, -0.25) is 9.69 Å². The van der Waals surface area contributed by atoms with Crippen LogP contribution < -0.4 is 5.32 Å². The topological polar surface area (TPSA) is 49.4 Å². The number of nitrogens with one attached hydrogen (secondary N) is 1. The van der Waals surface area contributed by atoms with Crippen LogP contribution in [0.1, 0.15) is 24.8 Å². The fourth-order valence-corrected chi connectivity index (χ4v) is 2.22. The molecule has 1 N–H and O–H groups in total. The molecule has 0 atom stereocenters. The third-order valence-electron chi connectivity index (χ3n) is 3.44. The molecule has 4 nitrogen and oxygen atoms in total. The first-order chi connectivity index (χ1) is 8.19. The van der Waals surface area contributed by atoms with Gasteiger partial charge in [-0.05, 0) is 18.4 Å². The molecule has 1 aromatic carbocycles. The molecule has 1 saturated heterocycles. The summed E-state index contributed by atoms with van der Waals surface area (Å²) in [7, 11) is 0. The van der Waals surface area contributed by atoms with E-state index in [9.17, 15) is 9.59 Å². The van der Waals surface area contributed by atoms with E-state index in [0.29, 0.717) is 13.0 Å². The van der Waals surface area contributed by atoms with Gasteiger partial charge in [0.15, 0.2) is 0 Å². The van der Waals surface area contributed by atoms with E-state index < -0.39 is 0 Å². The van der Waals surface area contributed by atoms with Crippen molar-refractivity contribution in [1.29, 1.82) is 0 Å². The lowest BCUT2D eigenvalue weighted by Crippen LogP contribution is -2.55. The quantitative estimate of drug-likeness (QED) is 0.840. The Kier molecular flexibility index (Phi) is 2.18. The van der Waals surface area contributed by atoms with Crippen LogP contribution in [-0.2, 0) is 11.3 Å². The number of amides is 3. The molecule has 0 aromatic heterocycles. The minimum Gasteiger partial charge on any atom is -0.332 e. The highest BCUT2D eigenvalue weighted by Gasteiger charge is 2.51. The van der Waals surface area contributed by atoms with E-state index in [-0.39, 0.29) is 17.5 Å². The van der Waals surface area contributed by atoms with Gasteiger partial charge in [-0.2, -0.15) is 0 Å². The van der Waals surface area contributed by atoms with Crippen molar-refractivity contribution in [2.75, 3.05) is 0 Å². The van der Waals surface area contributed by atoms with Crippen molar-refractivity contribution in [3.8, 4) is 0 Å². The van der Waals surface area contributed by atoms with Crippen molar-refractivity contribution in [1.82, 2.24) is 10.2 Å². The highest BCUT2D eigenvalue weighted by Crippen LogP contribution is 2.41. The Labute approximate surface area is 99.6 Å². The Morgan fingerprint density at radius 1 is 1.18 bits per heavy atom. The average Bonchev–Trinajstić information content (AvgIpc) is 3.04. The molecule has 1 aliphatic carbocycles. The molecule has 17 heavy (non-hydrogen) atoms. The number of hydrogen-bond donors (Lipinski definition) is 1. The zero-order valence-electron chi connectivity index (χ0n) is 9.48. The maximum absolute atomic E-state index is 11.9. The number of imide groups is 1. The summed E-state index contributed by atoms with van der Waals surface area (Å²) >= 11 is 0. The molecule has 0 bridgehead atoms. The summed E-state index contributed by atoms with van der Waals surface area (Å²) in [4.78, 5) is 25.1. The molecule has 88 valence electrons. The highest BCUT2D eigenvalue weighted by atomic mass is 16.2. The number of carbonyl (C=O) groups excluding carboxylic acids is 2. The van der Waals surface area contributed by atoms with Gasteiger partial charge in [0, 0.05) is 0 Å². The lowest BCUT2D eigenvalue weighted by Gasteiger charge is -2.31. The number of rotatable bonds is 2. The molecule has 3 amide bonds. The molecule has 1 heterocycles.